The lowest BCUT2D eigenvalue weighted by Gasteiger charge is -2.31. The fourth-order valence-corrected chi connectivity index (χ4v) is 3.75. The molecule has 2 heterocycles. The van der Waals surface area contributed by atoms with Crippen molar-refractivity contribution in [2.75, 3.05) is 13.1 Å². The molecule has 3 rings (SSSR count). The normalized spacial score (nSPS) is 17.0. The highest BCUT2D eigenvalue weighted by Crippen LogP contribution is 2.25. The zero-order valence-corrected chi connectivity index (χ0v) is 12.7. The smallest absolute Gasteiger partial charge is 0.157 e. The van der Waals surface area contributed by atoms with Gasteiger partial charge in [-0.2, -0.15) is 0 Å². The molecule has 19 heavy (non-hydrogen) atoms. The van der Waals surface area contributed by atoms with Gasteiger partial charge in [0.05, 0.1) is 5.52 Å². The van der Waals surface area contributed by atoms with Crippen molar-refractivity contribution in [3.8, 4) is 0 Å². The summed E-state index contributed by atoms with van der Waals surface area (Å²) in [6.07, 6.45) is 4.62. The zero-order chi connectivity index (χ0) is 13.2. The summed E-state index contributed by atoms with van der Waals surface area (Å²) in [5, 5.41) is 1.27. The van der Waals surface area contributed by atoms with Gasteiger partial charge in [0.1, 0.15) is 0 Å². The number of nitrogens with zero attached hydrogens (tertiary/aromatic N) is 2. The first kappa shape index (κ1) is 13.0. The van der Waals surface area contributed by atoms with Gasteiger partial charge < -0.3 is 4.90 Å². The third-order valence-electron chi connectivity index (χ3n) is 3.78. The minimum absolute atomic E-state index is 0.844. The Kier molecular flexibility index (Phi) is 3.80. The van der Waals surface area contributed by atoms with E-state index in [1.165, 1.54) is 23.7 Å². The van der Waals surface area contributed by atoms with Crippen LogP contribution in [0.3, 0.4) is 0 Å². The van der Waals surface area contributed by atoms with Crippen molar-refractivity contribution in [2.24, 2.45) is 5.92 Å². The number of fused-ring (bicyclic) bond motifs is 1. The molecule has 0 atom stereocenters. The van der Waals surface area contributed by atoms with E-state index >= 15 is 0 Å². The molecule has 0 saturated carbocycles. The van der Waals surface area contributed by atoms with E-state index in [-0.39, 0.29) is 0 Å². The fourth-order valence-electron chi connectivity index (χ4n) is 2.47. The Morgan fingerprint density at radius 1 is 1.21 bits per heavy atom. The highest BCUT2D eigenvalue weighted by Gasteiger charge is 2.18. The van der Waals surface area contributed by atoms with Gasteiger partial charge in [-0.3, -0.25) is 3.97 Å². The second kappa shape index (κ2) is 5.55. The summed E-state index contributed by atoms with van der Waals surface area (Å²) in [6, 6.07) is 10.6. The number of benzene rings is 1. The number of rotatable bonds is 1. The maximum atomic E-state index is 5.59. The Bertz CT molecular complexity index is 583. The van der Waals surface area contributed by atoms with Gasteiger partial charge in [-0.05, 0) is 30.9 Å². The van der Waals surface area contributed by atoms with Crippen molar-refractivity contribution < 1.29 is 0 Å². The standard InChI is InChI=1S/C15H18N2S2/c1-12-6-9-16(10-7-12)15(18)19-17-11-8-13-4-2-3-5-14(13)17/h2-5,8,11-12H,6-7,9-10H2,1H3. The molecule has 1 aromatic carbocycles. The molecule has 2 nitrogen and oxygen atoms in total. The van der Waals surface area contributed by atoms with Gasteiger partial charge in [-0.1, -0.05) is 37.3 Å². The molecule has 1 fully saturated rings. The monoisotopic (exact) mass is 290 g/mol. The van der Waals surface area contributed by atoms with Crippen LogP contribution in [0.2, 0.25) is 0 Å². The van der Waals surface area contributed by atoms with Crippen molar-refractivity contribution in [3.63, 3.8) is 0 Å². The molecule has 1 saturated heterocycles. The van der Waals surface area contributed by atoms with E-state index in [9.17, 15) is 0 Å². The lowest BCUT2D eigenvalue weighted by atomic mass is 10.00. The lowest BCUT2D eigenvalue weighted by molar-refractivity contribution is 0.287. The summed E-state index contributed by atoms with van der Waals surface area (Å²) in [4.78, 5) is 2.34. The summed E-state index contributed by atoms with van der Waals surface area (Å²) < 4.78 is 3.17. The minimum atomic E-state index is 0.844. The molecule has 4 heteroatoms. The minimum Gasteiger partial charge on any atom is -0.356 e. The maximum Gasteiger partial charge on any atom is 0.157 e. The molecule has 0 aliphatic carbocycles. The number of likely N-dealkylation sites (tertiary alicyclic amines) is 1. The molecule has 0 amide bonds. The maximum absolute atomic E-state index is 5.59. The average molecular weight is 290 g/mol. The van der Waals surface area contributed by atoms with Crippen LogP contribution in [0, 0.1) is 5.92 Å². The van der Waals surface area contributed by atoms with Crippen LogP contribution in [-0.2, 0) is 0 Å². The number of para-hydroxylation sites is 1. The van der Waals surface area contributed by atoms with Gasteiger partial charge in [-0.25, -0.2) is 0 Å². The first-order valence-corrected chi connectivity index (χ1v) is 7.95. The predicted molar refractivity (Wildman–Crippen MR) is 87.5 cm³/mol. The van der Waals surface area contributed by atoms with E-state index in [0.717, 1.165) is 23.3 Å². The van der Waals surface area contributed by atoms with E-state index in [4.69, 9.17) is 12.2 Å². The number of aromatic nitrogens is 1. The molecule has 0 bridgehead atoms. The van der Waals surface area contributed by atoms with E-state index < -0.39 is 0 Å². The van der Waals surface area contributed by atoms with Crippen molar-refractivity contribution in [1.29, 1.82) is 0 Å². The summed E-state index contributed by atoms with van der Waals surface area (Å²) >= 11 is 7.25. The van der Waals surface area contributed by atoms with Crippen LogP contribution < -0.4 is 0 Å². The van der Waals surface area contributed by atoms with Gasteiger partial charge in [0.15, 0.2) is 4.32 Å². The molecule has 1 aromatic heterocycles. The molecule has 2 aromatic rings. The topological polar surface area (TPSA) is 8.17 Å². The SMILES string of the molecule is CC1CCN(C(=S)Sn2ccc3ccccc32)CC1. The Balaban J connectivity index is 1.72. The Labute approximate surface area is 123 Å². The quantitative estimate of drug-likeness (QED) is 0.729. The number of hydrogen-bond donors (Lipinski definition) is 0. The molecular weight excluding hydrogens is 272 g/mol. The molecule has 0 spiro atoms. The van der Waals surface area contributed by atoms with Crippen LogP contribution in [0.4, 0.5) is 0 Å². The first-order valence-electron chi connectivity index (χ1n) is 6.77. The number of thiocarbonyl (C=S) groups is 1. The molecular formula is C15H18N2S2. The van der Waals surface area contributed by atoms with Gasteiger partial charge in [0.25, 0.3) is 0 Å². The second-order valence-corrected chi connectivity index (χ2v) is 6.83. The fraction of sp³-hybridized carbons (Fsp3) is 0.400. The van der Waals surface area contributed by atoms with Crippen LogP contribution >= 0.6 is 24.2 Å². The third kappa shape index (κ3) is 2.79. The number of hydrogen-bond acceptors (Lipinski definition) is 2. The van der Waals surface area contributed by atoms with E-state index in [1.54, 1.807) is 11.9 Å². The zero-order valence-electron chi connectivity index (χ0n) is 11.1. The van der Waals surface area contributed by atoms with E-state index in [1.807, 2.05) is 0 Å². The van der Waals surface area contributed by atoms with Crippen LogP contribution in [0.5, 0.6) is 0 Å². The van der Waals surface area contributed by atoms with Crippen molar-refractivity contribution in [1.82, 2.24) is 8.87 Å². The molecule has 0 unspecified atom stereocenters. The summed E-state index contributed by atoms with van der Waals surface area (Å²) in [5.41, 5.74) is 1.24. The van der Waals surface area contributed by atoms with Gasteiger partial charge in [-0.15, -0.1) is 0 Å². The first-order chi connectivity index (χ1) is 9.24. The summed E-state index contributed by atoms with van der Waals surface area (Å²) in [5.74, 6) is 0.844. The summed E-state index contributed by atoms with van der Waals surface area (Å²) in [6.45, 7) is 4.53. The molecule has 100 valence electrons. The van der Waals surface area contributed by atoms with Crippen LogP contribution in [0.25, 0.3) is 10.9 Å². The molecule has 1 aliphatic heterocycles. The summed E-state index contributed by atoms with van der Waals surface area (Å²) in [7, 11) is 0. The predicted octanol–water partition coefficient (Wildman–Crippen LogP) is 4.15. The van der Waals surface area contributed by atoms with Gasteiger partial charge in [0.2, 0.25) is 0 Å². The second-order valence-electron chi connectivity index (χ2n) is 5.23. The van der Waals surface area contributed by atoms with Crippen LogP contribution in [0.1, 0.15) is 19.8 Å². The van der Waals surface area contributed by atoms with E-state index in [0.29, 0.717) is 0 Å². The molecule has 0 N–H and O–H groups in total. The molecule has 0 radical (unpaired) electrons. The van der Waals surface area contributed by atoms with Gasteiger partial charge >= 0.3 is 0 Å². The van der Waals surface area contributed by atoms with Crippen molar-refractivity contribution >= 4 is 39.4 Å². The van der Waals surface area contributed by atoms with Crippen LogP contribution in [-0.4, -0.2) is 26.3 Å². The van der Waals surface area contributed by atoms with Crippen molar-refractivity contribution in [2.45, 2.75) is 19.8 Å². The molecule has 1 aliphatic rings. The largest absolute Gasteiger partial charge is 0.356 e. The Hall–Kier alpha value is -1.00. The van der Waals surface area contributed by atoms with Crippen LogP contribution in [0.15, 0.2) is 36.5 Å². The third-order valence-corrected chi connectivity index (χ3v) is 5.19. The van der Waals surface area contributed by atoms with Crippen molar-refractivity contribution in [3.05, 3.63) is 36.5 Å². The number of piperidine rings is 1. The average Bonchev–Trinajstić information content (AvgIpc) is 2.83. The Morgan fingerprint density at radius 3 is 2.74 bits per heavy atom. The van der Waals surface area contributed by atoms with E-state index in [2.05, 4.69) is 52.3 Å². The van der Waals surface area contributed by atoms with Gasteiger partial charge in [0, 0.05) is 36.6 Å². The Morgan fingerprint density at radius 2 is 1.95 bits per heavy atom. The highest BCUT2D eigenvalue weighted by atomic mass is 32.2. The lowest BCUT2D eigenvalue weighted by Crippen LogP contribution is -2.35. The highest BCUT2D eigenvalue weighted by molar-refractivity contribution is 8.22.